The van der Waals surface area contributed by atoms with E-state index in [2.05, 4.69) is 5.32 Å². The van der Waals surface area contributed by atoms with Gasteiger partial charge in [-0.3, -0.25) is 0 Å². The Labute approximate surface area is 123 Å². The summed E-state index contributed by atoms with van der Waals surface area (Å²) < 4.78 is 46.8. The normalized spacial score (nSPS) is 13.2. The second kappa shape index (κ2) is 8.89. The zero-order valence-corrected chi connectivity index (χ0v) is 12.4. The number of ether oxygens (including phenoxy) is 2. The van der Waals surface area contributed by atoms with Crippen molar-refractivity contribution < 1.29 is 22.6 Å². The van der Waals surface area contributed by atoms with Gasteiger partial charge in [-0.2, -0.15) is 13.2 Å². The first-order valence-electron chi connectivity index (χ1n) is 6.98. The van der Waals surface area contributed by atoms with Crippen molar-refractivity contribution in [2.24, 2.45) is 0 Å². The van der Waals surface area contributed by atoms with E-state index in [1.165, 1.54) is 0 Å². The zero-order chi connectivity index (χ0) is 15.7. The molecule has 1 aromatic carbocycles. The topological polar surface area (TPSA) is 30.5 Å². The van der Waals surface area contributed by atoms with E-state index in [0.29, 0.717) is 6.61 Å². The number of hydrogen-bond acceptors (Lipinski definition) is 3. The summed E-state index contributed by atoms with van der Waals surface area (Å²) in [6.07, 6.45) is -4.95. The SMILES string of the molecule is CCNC(COCCCC(F)(F)F)c1ccccc1OC. The summed E-state index contributed by atoms with van der Waals surface area (Å²) in [6, 6.07) is 7.44. The Bertz CT molecular complexity index is 410. The molecule has 0 fully saturated rings. The Morgan fingerprint density at radius 1 is 1.24 bits per heavy atom. The molecule has 1 rings (SSSR count). The lowest BCUT2D eigenvalue weighted by Crippen LogP contribution is -2.26. The van der Waals surface area contributed by atoms with Crippen molar-refractivity contribution in [1.82, 2.24) is 5.32 Å². The third kappa shape index (κ3) is 6.82. The van der Waals surface area contributed by atoms with Gasteiger partial charge in [0.05, 0.1) is 19.8 Å². The lowest BCUT2D eigenvalue weighted by molar-refractivity contribution is -0.138. The Balaban J connectivity index is 2.50. The lowest BCUT2D eigenvalue weighted by Gasteiger charge is -2.20. The quantitative estimate of drug-likeness (QED) is 0.706. The molecule has 0 saturated carbocycles. The van der Waals surface area contributed by atoms with Crippen molar-refractivity contribution in [2.75, 3.05) is 26.9 Å². The van der Waals surface area contributed by atoms with Gasteiger partial charge in [-0.25, -0.2) is 0 Å². The molecule has 120 valence electrons. The summed E-state index contributed by atoms with van der Waals surface area (Å²) in [5.41, 5.74) is 0.942. The minimum atomic E-state index is -4.12. The molecular weight excluding hydrogens is 283 g/mol. The molecule has 1 aromatic rings. The molecule has 0 aliphatic rings. The van der Waals surface area contributed by atoms with E-state index in [1.54, 1.807) is 7.11 Å². The number of alkyl halides is 3. The van der Waals surface area contributed by atoms with Gasteiger partial charge in [0, 0.05) is 18.6 Å². The van der Waals surface area contributed by atoms with E-state index in [9.17, 15) is 13.2 Å². The maximum Gasteiger partial charge on any atom is 0.389 e. The van der Waals surface area contributed by atoms with E-state index in [-0.39, 0.29) is 19.1 Å². The van der Waals surface area contributed by atoms with Crippen molar-refractivity contribution in [3.05, 3.63) is 29.8 Å². The Hall–Kier alpha value is -1.27. The number of nitrogens with one attached hydrogen (secondary N) is 1. The molecule has 0 radical (unpaired) electrons. The molecule has 0 aromatic heterocycles. The zero-order valence-electron chi connectivity index (χ0n) is 12.4. The summed E-state index contributed by atoms with van der Waals surface area (Å²) in [4.78, 5) is 0. The van der Waals surface area contributed by atoms with Crippen molar-refractivity contribution >= 4 is 0 Å². The Kier molecular flexibility index (Phi) is 7.53. The molecule has 0 heterocycles. The van der Waals surface area contributed by atoms with Gasteiger partial charge in [0.25, 0.3) is 0 Å². The average Bonchev–Trinajstić information content (AvgIpc) is 2.44. The maximum atomic E-state index is 12.0. The fourth-order valence-electron chi connectivity index (χ4n) is 2.04. The van der Waals surface area contributed by atoms with Crippen LogP contribution in [0.2, 0.25) is 0 Å². The van der Waals surface area contributed by atoms with Crippen LogP contribution in [0.5, 0.6) is 5.75 Å². The molecule has 6 heteroatoms. The van der Waals surface area contributed by atoms with Crippen molar-refractivity contribution in [3.63, 3.8) is 0 Å². The van der Waals surface area contributed by atoms with Crippen LogP contribution in [0.1, 0.15) is 31.4 Å². The molecular formula is C15H22F3NO2. The second-order valence-electron chi connectivity index (χ2n) is 4.65. The first kappa shape index (κ1) is 17.8. The van der Waals surface area contributed by atoms with Crippen LogP contribution in [-0.4, -0.2) is 33.0 Å². The Morgan fingerprint density at radius 3 is 2.57 bits per heavy atom. The van der Waals surface area contributed by atoms with Crippen LogP contribution < -0.4 is 10.1 Å². The second-order valence-corrected chi connectivity index (χ2v) is 4.65. The summed E-state index contributed by atoms with van der Waals surface area (Å²) in [5, 5.41) is 3.25. The molecule has 1 atom stereocenters. The summed E-state index contributed by atoms with van der Waals surface area (Å²) >= 11 is 0. The minimum Gasteiger partial charge on any atom is -0.496 e. The van der Waals surface area contributed by atoms with Gasteiger partial charge in [0.1, 0.15) is 5.75 Å². The van der Waals surface area contributed by atoms with Crippen LogP contribution in [0, 0.1) is 0 Å². The van der Waals surface area contributed by atoms with E-state index in [0.717, 1.165) is 17.9 Å². The van der Waals surface area contributed by atoms with Gasteiger partial charge in [0.2, 0.25) is 0 Å². The van der Waals surface area contributed by atoms with Gasteiger partial charge >= 0.3 is 6.18 Å². The number of hydrogen-bond donors (Lipinski definition) is 1. The van der Waals surface area contributed by atoms with Gasteiger partial charge in [0.15, 0.2) is 0 Å². The van der Waals surface area contributed by atoms with Gasteiger partial charge in [-0.05, 0) is 19.0 Å². The highest BCUT2D eigenvalue weighted by atomic mass is 19.4. The molecule has 0 amide bonds. The Morgan fingerprint density at radius 2 is 1.95 bits per heavy atom. The van der Waals surface area contributed by atoms with Gasteiger partial charge in [-0.15, -0.1) is 0 Å². The molecule has 0 bridgehead atoms. The van der Waals surface area contributed by atoms with Crippen molar-refractivity contribution in [2.45, 2.75) is 32.0 Å². The highest BCUT2D eigenvalue weighted by molar-refractivity contribution is 5.35. The third-order valence-electron chi connectivity index (χ3n) is 3.00. The number of para-hydroxylation sites is 1. The fraction of sp³-hybridized carbons (Fsp3) is 0.600. The highest BCUT2D eigenvalue weighted by Gasteiger charge is 2.26. The predicted molar refractivity (Wildman–Crippen MR) is 75.5 cm³/mol. The smallest absolute Gasteiger partial charge is 0.389 e. The molecule has 1 unspecified atom stereocenters. The van der Waals surface area contributed by atoms with E-state index in [4.69, 9.17) is 9.47 Å². The van der Waals surface area contributed by atoms with Crippen LogP contribution in [0.15, 0.2) is 24.3 Å². The monoisotopic (exact) mass is 305 g/mol. The number of halogens is 3. The highest BCUT2D eigenvalue weighted by Crippen LogP contribution is 2.25. The number of methoxy groups -OCH3 is 1. The van der Waals surface area contributed by atoms with Gasteiger partial charge < -0.3 is 14.8 Å². The lowest BCUT2D eigenvalue weighted by atomic mass is 10.1. The van der Waals surface area contributed by atoms with Crippen molar-refractivity contribution in [3.8, 4) is 5.75 Å². The summed E-state index contributed by atoms with van der Waals surface area (Å²) in [5.74, 6) is 0.738. The van der Waals surface area contributed by atoms with Gasteiger partial charge in [-0.1, -0.05) is 25.1 Å². The molecule has 1 N–H and O–H groups in total. The average molecular weight is 305 g/mol. The molecule has 21 heavy (non-hydrogen) atoms. The molecule has 0 saturated heterocycles. The third-order valence-corrected chi connectivity index (χ3v) is 3.00. The molecule has 0 aliphatic carbocycles. The van der Waals surface area contributed by atoms with Crippen LogP contribution in [0.25, 0.3) is 0 Å². The number of benzene rings is 1. The first-order valence-corrected chi connectivity index (χ1v) is 6.98. The number of likely N-dealkylation sites (N-methyl/N-ethyl adjacent to an activating group) is 1. The fourth-order valence-corrected chi connectivity index (χ4v) is 2.04. The van der Waals surface area contributed by atoms with E-state index in [1.807, 2.05) is 31.2 Å². The van der Waals surface area contributed by atoms with Crippen LogP contribution in [0.4, 0.5) is 13.2 Å². The minimum absolute atomic E-state index is 0.0196. The standard InChI is InChI=1S/C15H22F3NO2/c1-3-19-13(11-21-10-6-9-15(16,17)18)12-7-4-5-8-14(12)20-2/h4-5,7-8,13,19H,3,6,9-11H2,1-2H3. The summed E-state index contributed by atoms with van der Waals surface area (Å²) in [7, 11) is 1.59. The van der Waals surface area contributed by atoms with E-state index >= 15 is 0 Å². The molecule has 0 aliphatic heterocycles. The van der Waals surface area contributed by atoms with Crippen LogP contribution in [0.3, 0.4) is 0 Å². The first-order chi connectivity index (χ1) is 9.98. The van der Waals surface area contributed by atoms with Crippen molar-refractivity contribution in [1.29, 1.82) is 0 Å². The molecule has 0 spiro atoms. The largest absolute Gasteiger partial charge is 0.496 e. The maximum absolute atomic E-state index is 12.0. The predicted octanol–water partition coefficient (Wildman–Crippen LogP) is 3.70. The number of rotatable bonds is 9. The molecule has 3 nitrogen and oxygen atoms in total. The van der Waals surface area contributed by atoms with Crippen LogP contribution >= 0.6 is 0 Å². The van der Waals surface area contributed by atoms with E-state index < -0.39 is 12.6 Å². The summed E-state index contributed by atoms with van der Waals surface area (Å²) in [6.45, 7) is 3.10. The van der Waals surface area contributed by atoms with Crippen LogP contribution in [-0.2, 0) is 4.74 Å².